The zero-order valence-electron chi connectivity index (χ0n) is 22.2. The van der Waals surface area contributed by atoms with Crippen LogP contribution in [0.1, 0.15) is 56.2 Å². The van der Waals surface area contributed by atoms with Crippen molar-refractivity contribution in [3.8, 4) is 0 Å². The van der Waals surface area contributed by atoms with Crippen LogP contribution in [0, 0.1) is 5.41 Å². The monoisotopic (exact) mass is 596 g/mol. The number of nitrogens with zero attached hydrogens (tertiary/aromatic N) is 1. The number of esters is 1. The number of sulfonamides is 1. The van der Waals surface area contributed by atoms with Gasteiger partial charge in [0, 0.05) is 22.0 Å². The van der Waals surface area contributed by atoms with Gasteiger partial charge in [0.25, 0.3) is 0 Å². The van der Waals surface area contributed by atoms with Gasteiger partial charge in [0.05, 0.1) is 50.0 Å². The van der Waals surface area contributed by atoms with E-state index in [9.17, 15) is 18.0 Å². The first-order valence-electron chi connectivity index (χ1n) is 12.9. The van der Waals surface area contributed by atoms with Crippen LogP contribution in [0.4, 0.5) is 0 Å². The molecule has 2 aromatic carbocycles. The van der Waals surface area contributed by atoms with Crippen LogP contribution < -0.4 is 4.72 Å². The fourth-order valence-electron chi connectivity index (χ4n) is 5.50. The lowest BCUT2D eigenvalue weighted by Gasteiger charge is -2.51. The lowest BCUT2D eigenvalue weighted by Crippen LogP contribution is -2.56. The molecule has 0 bridgehead atoms. The number of ether oxygens (including phenoxy) is 2. The molecule has 2 aromatic rings. The summed E-state index contributed by atoms with van der Waals surface area (Å²) in [6, 6.07) is 13.7. The second-order valence-corrected chi connectivity index (χ2v) is 13.4. The van der Waals surface area contributed by atoms with Crippen molar-refractivity contribution in [3.05, 3.63) is 69.7 Å². The number of likely N-dealkylation sites (tertiary alicyclic amines) is 1. The van der Waals surface area contributed by atoms with Gasteiger partial charge < -0.3 is 14.4 Å². The van der Waals surface area contributed by atoms with Gasteiger partial charge in [-0.1, -0.05) is 54.4 Å². The van der Waals surface area contributed by atoms with Crippen molar-refractivity contribution < 1.29 is 27.5 Å². The molecule has 1 N–H and O–H groups in total. The summed E-state index contributed by atoms with van der Waals surface area (Å²) >= 11 is 12.6. The summed E-state index contributed by atoms with van der Waals surface area (Å²) in [5.41, 5.74) is 0.706. The minimum atomic E-state index is -3.58. The Kier molecular flexibility index (Phi) is 9.28. The number of halogens is 2. The van der Waals surface area contributed by atoms with Crippen LogP contribution in [0.25, 0.3) is 0 Å². The number of carbonyl (C=O) groups excluding carboxylic acids is 2. The third-order valence-corrected chi connectivity index (χ3v) is 9.57. The van der Waals surface area contributed by atoms with Crippen LogP contribution in [0.15, 0.2) is 48.5 Å². The Morgan fingerprint density at radius 1 is 1.15 bits per heavy atom. The molecule has 4 atom stereocenters. The number of nitrogens with one attached hydrogen (secondary N) is 1. The van der Waals surface area contributed by atoms with Gasteiger partial charge in [-0.25, -0.2) is 13.1 Å². The van der Waals surface area contributed by atoms with E-state index in [0.717, 1.165) is 11.1 Å². The summed E-state index contributed by atoms with van der Waals surface area (Å²) in [7, 11) is -2.28. The van der Waals surface area contributed by atoms with Gasteiger partial charge in [0.2, 0.25) is 15.9 Å². The molecule has 39 heavy (non-hydrogen) atoms. The van der Waals surface area contributed by atoms with E-state index in [2.05, 4.69) is 4.72 Å². The van der Waals surface area contributed by atoms with E-state index in [1.807, 2.05) is 37.3 Å². The number of benzene rings is 2. The first-order chi connectivity index (χ1) is 18.4. The maximum atomic E-state index is 14.3. The predicted octanol–water partition coefficient (Wildman–Crippen LogP) is 4.72. The molecule has 0 saturated carbocycles. The summed E-state index contributed by atoms with van der Waals surface area (Å²) in [6.45, 7) is 4.33. The molecule has 2 fully saturated rings. The Morgan fingerprint density at radius 3 is 2.44 bits per heavy atom. The van der Waals surface area contributed by atoms with E-state index in [-0.39, 0.29) is 36.5 Å². The molecule has 2 saturated heterocycles. The van der Waals surface area contributed by atoms with Crippen LogP contribution in [0.2, 0.25) is 10.0 Å². The van der Waals surface area contributed by atoms with E-state index in [0.29, 0.717) is 29.7 Å². The highest BCUT2D eigenvalue weighted by Gasteiger charge is 2.52. The molecule has 8 nitrogen and oxygen atoms in total. The van der Waals surface area contributed by atoms with Crippen LogP contribution >= 0.6 is 23.2 Å². The Hall–Kier alpha value is -2.17. The standard InChI is InChI=1S/C28H34Cl2N2O6S/c1-18(11-12-39(35,36)31-23-16-38-17-23)32-26(19-7-9-21(29)10-8-19)24(20-5-4-6-22(30)13-20)14-28(2,27(32)34)15-25(33)37-3/h4-10,13,18,23-24,26,31H,11-12,14-17H2,1-3H3/t18-,24+,26+,28+/m0/s1. The molecule has 2 aliphatic heterocycles. The maximum absolute atomic E-state index is 14.3. The summed E-state index contributed by atoms with van der Waals surface area (Å²) in [5, 5.41) is 1.12. The number of methoxy groups -OCH3 is 1. The molecule has 0 radical (unpaired) electrons. The third kappa shape index (κ3) is 6.95. The number of rotatable bonds is 10. The Labute approximate surface area is 240 Å². The molecule has 0 aliphatic carbocycles. The molecule has 0 spiro atoms. The Morgan fingerprint density at radius 2 is 1.85 bits per heavy atom. The average molecular weight is 598 g/mol. The first-order valence-corrected chi connectivity index (χ1v) is 15.3. The van der Waals surface area contributed by atoms with Crippen LogP contribution in [0.5, 0.6) is 0 Å². The van der Waals surface area contributed by atoms with E-state index in [1.165, 1.54) is 7.11 Å². The van der Waals surface area contributed by atoms with Crippen molar-refractivity contribution in [3.63, 3.8) is 0 Å². The molecule has 2 aliphatic rings. The van der Waals surface area contributed by atoms with Gasteiger partial charge >= 0.3 is 5.97 Å². The first kappa shape index (κ1) is 29.8. The number of hydrogen-bond acceptors (Lipinski definition) is 6. The smallest absolute Gasteiger partial charge is 0.306 e. The number of carbonyl (C=O) groups is 2. The summed E-state index contributed by atoms with van der Waals surface area (Å²) in [6.07, 6.45) is 0.478. The molecule has 0 unspecified atom stereocenters. The summed E-state index contributed by atoms with van der Waals surface area (Å²) in [4.78, 5) is 28.5. The quantitative estimate of drug-likeness (QED) is 0.398. The fourth-order valence-corrected chi connectivity index (χ4v) is 7.24. The number of hydrogen-bond donors (Lipinski definition) is 1. The van der Waals surface area contributed by atoms with Gasteiger partial charge in [-0.05, 0) is 55.2 Å². The zero-order valence-corrected chi connectivity index (χ0v) is 24.6. The Balaban J connectivity index is 1.75. The Bertz CT molecular complexity index is 1300. The summed E-state index contributed by atoms with van der Waals surface area (Å²) < 4.78 is 38.2. The maximum Gasteiger partial charge on any atom is 0.306 e. The van der Waals surface area contributed by atoms with Crippen molar-refractivity contribution in [1.29, 1.82) is 0 Å². The lowest BCUT2D eigenvalue weighted by atomic mass is 9.67. The average Bonchev–Trinajstić information content (AvgIpc) is 2.87. The second kappa shape index (κ2) is 12.1. The van der Waals surface area contributed by atoms with Gasteiger partial charge in [-0.3, -0.25) is 9.59 Å². The van der Waals surface area contributed by atoms with Crippen molar-refractivity contribution >= 4 is 45.1 Å². The van der Waals surface area contributed by atoms with E-state index >= 15 is 0 Å². The van der Waals surface area contributed by atoms with Crippen molar-refractivity contribution in [1.82, 2.24) is 9.62 Å². The van der Waals surface area contributed by atoms with Crippen LogP contribution in [0.3, 0.4) is 0 Å². The molecule has 4 rings (SSSR count). The minimum Gasteiger partial charge on any atom is -0.469 e. The topological polar surface area (TPSA) is 102 Å². The van der Waals surface area contributed by atoms with Crippen molar-refractivity contribution in [2.75, 3.05) is 26.1 Å². The molecule has 11 heteroatoms. The second-order valence-electron chi connectivity index (χ2n) is 10.7. The van der Waals surface area contributed by atoms with Crippen molar-refractivity contribution in [2.24, 2.45) is 5.41 Å². The molecule has 212 valence electrons. The zero-order chi connectivity index (χ0) is 28.4. The molecule has 0 aromatic heterocycles. The van der Waals surface area contributed by atoms with Gasteiger partial charge in [0.15, 0.2) is 0 Å². The third-order valence-electron chi connectivity index (χ3n) is 7.62. The van der Waals surface area contributed by atoms with E-state index < -0.39 is 33.5 Å². The normalized spacial score (nSPS) is 24.7. The SMILES string of the molecule is COC(=O)C[C@@]1(C)C[C@H](c2cccc(Cl)c2)[C@@H](c2ccc(Cl)cc2)N([C@@H](C)CCS(=O)(=O)NC2COC2)C1=O. The summed E-state index contributed by atoms with van der Waals surface area (Å²) in [5.74, 6) is -1.10. The molecular weight excluding hydrogens is 563 g/mol. The molecule has 2 heterocycles. The highest BCUT2D eigenvalue weighted by Crippen LogP contribution is 2.52. The molecular formula is C28H34Cl2N2O6S. The van der Waals surface area contributed by atoms with Gasteiger partial charge in [0.1, 0.15) is 0 Å². The fraction of sp³-hybridized carbons (Fsp3) is 0.500. The van der Waals surface area contributed by atoms with Gasteiger partial charge in [-0.2, -0.15) is 0 Å². The van der Waals surface area contributed by atoms with Crippen LogP contribution in [-0.4, -0.2) is 63.4 Å². The number of amides is 1. The highest BCUT2D eigenvalue weighted by atomic mass is 35.5. The molecule has 1 amide bonds. The predicted molar refractivity (Wildman–Crippen MR) is 150 cm³/mol. The lowest BCUT2D eigenvalue weighted by molar-refractivity contribution is -0.161. The van der Waals surface area contributed by atoms with Crippen LogP contribution in [-0.2, 0) is 29.1 Å². The largest absolute Gasteiger partial charge is 0.469 e. The van der Waals surface area contributed by atoms with E-state index in [4.69, 9.17) is 32.7 Å². The van der Waals surface area contributed by atoms with Gasteiger partial charge in [-0.15, -0.1) is 0 Å². The van der Waals surface area contributed by atoms with E-state index in [1.54, 1.807) is 30.0 Å². The minimum absolute atomic E-state index is 0.0997. The highest BCUT2D eigenvalue weighted by molar-refractivity contribution is 7.89. The van der Waals surface area contributed by atoms with Crippen molar-refractivity contribution in [2.45, 2.75) is 57.2 Å². The number of piperidine rings is 1.